The number of carboxylic acids is 1. The summed E-state index contributed by atoms with van der Waals surface area (Å²) in [5.41, 5.74) is 1.23. The summed E-state index contributed by atoms with van der Waals surface area (Å²) >= 11 is 0. The van der Waals surface area contributed by atoms with Crippen LogP contribution in [0.1, 0.15) is 12.8 Å². The van der Waals surface area contributed by atoms with Crippen molar-refractivity contribution in [1.82, 2.24) is 14.8 Å². The van der Waals surface area contributed by atoms with Crippen LogP contribution in [-0.2, 0) is 9.59 Å². The predicted octanol–water partition coefficient (Wildman–Crippen LogP) is 1.07. The lowest BCUT2D eigenvalue weighted by Gasteiger charge is -2.09. The normalized spacial score (nSPS) is 10.1. The van der Waals surface area contributed by atoms with Crippen LogP contribution in [0.5, 0.6) is 0 Å². The van der Waals surface area contributed by atoms with Crippen LogP contribution in [0.2, 0.25) is 0 Å². The molecule has 1 aromatic heterocycles. The fourth-order valence-electron chi connectivity index (χ4n) is 1.54. The summed E-state index contributed by atoms with van der Waals surface area (Å²) in [6.07, 6.45) is 2.64. The third-order valence-corrected chi connectivity index (χ3v) is 2.41. The number of rotatable bonds is 5. The topological polar surface area (TPSA) is 97.1 Å². The van der Waals surface area contributed by atoms with E-state index in [-0.39, 0.29) is 18.7 Å². The second kappa shape index (κ2) is 5.76. The fourth-order valence-corrected chi connectivity index (χ4v) is 1.54. The molecule has 0 radical (unpaired) electrons. The largest absolute Gasteiger partial charge is 0.481 e. The monoisotopic (exact) mass is 260 g/mol. The molecule has 0 bridgehead atoms. The van der Waals surface area contributed by atoms with Gasteiger partial charge in [0.15, 0.2) is 0 Å². The standard InChI is InChI=1S/C12H12N4O3/c17-11(5-6-12(18)19)15-9-3-1-2-4-10(9)16-8-13-7-14-16/h1-4,7-8H,5-6H2,(H,15,17)(H,18,19). The molecule has 7 nitrogen and oxygen atoms in total. The Morgan fingerprint density at radius 1 is 1.26 bits per heavy atom. The van der Waals surface area contributed by atoms with E-state index in [9.17, 15) is 9.59 Å². The number of amides is 1. The Hall–Kier alpha value is -2.70. The zero-order valence-corrected chi connectivity index (χ0v) is 9.98. The van der Waals surface area contributed by atoms with Crippen LogP contribution in [0.15, 0.2) is 36.9 Å². The van der Waals surface area contributed by atoms with Crippen molar-refractivity contribution in [2.24, 2.45) is 0 Å². The lowest BCUT2D eigenvalue weighted by atomic mass is 10.2. The van der Waals surface area contributed by atoms with Crippen molar-refractivity contribution >= 4 is 17.6 Å². The number of para-hydroxylation sites is 2. The van der Waals surface area contributed by atoms with Crippen LogP contribution < -0.4 is 5.32 Å². The quantitative estimate of drug-likeness (QED) is 0.838. The minimum atomic E-state index is -1.00. The smallest absolute Gasteiger partial charge is 0.303 e. The van der Waals surface area contributed by atoms with Crippen molar-refractivity contribution in [3.63, 3.8) is 0 Å². The maximum atomic E-state index is 11.6. The highest BCUT2D eigenvalue weighted by atomic mass is 16.4. The van der Waals surface area contributed by atoms with Gasteiger partial charge in [0.05, 0.1) is 17.8 Å². The van der Waals surface area contributed by atoms with Gasteiger partial charge in [-0.1, -0.05) is 12.1 Å². The summed E-state index contributed by atoms with van der Waals surface area (Å²) in [7, 11) is 0. The number of anilines is 1. The molecule has 0 aliphatic rings. The van der Waals surface area contributed by atoms with E-state index in [2.05, 4.69) is 15.4 Å². The van der Waals surface area contributed by atoms with Crippen LogP contribution in [0.4, 0.5) is 5.69 Å². The van der Waals surface area contributed by atoms with E-state index in [1.807, 2.05) is 6.07 Å². The van der Waals surface area contributed by atoms with Gasteiger partial charge in [-0.3, -0.25) is 9.59 Å². The second-order valence-electron chi connectivity index (χ2n) is 3.80. The summed E-state index contributed by atoms with van der Waals surface area (Å²) in [4.78, 5) is 25.9. The molecule has 0 aliphatic carbocycles. The van der Waals surface area contributed by atoms with E-state index in [1.165, 1.54) is 17.3 Å². The summed E-state index contributed by atoms with van der Waals surface area (Å²) in [5, 5.41) is 15.2. The van der Waals surface area contributed by atoms with Gasteiger partial charge in [-0.05, 0) is 12.1 Å². The average molecular weight is 260 g/mol. The van der Waals surface area contributed by atoms with Crippen LogP contribution in [0.25, 0.3) is 5.69 Å². The van der Waals surface area contributed by atoms with Crippen molar-refractivity contribution in [3.8, 4) is 5.69 Å². The first-order valence-electron chi connectivity index (χ1n) is 5.62. The molecule has 1 aromatic carbocycles. The van der Waals surface area contributed by atoms with Crippen LogP contribution in [0.3, 0.4) is 0 Å². The number of hydrogen-bond acceptors (Lipinski definition) is 4. The van der Waals surface area contributed by atoms with Crippen LogP contribution in [-0.4, -0.2) is 31.7 Å². The van der Waals surface area contributed by atoms with Crippen molar-refractivity contribution in [3.05, 3.63) is 36.9 Å². The van der Waals surface area contributed by atoms with E-state index in [0.717, 1.165) is 0 Å². The van der Waals surface area contributed by atoms with E-state index < -0.39 is 5.97 Å². The molecule has 0 aliphatic heterocycles. The predicted molar refractivity (Wildman–Crippen MR) is 66.9 cm³/mol. The third-order valence-electron chi connectivity index (χ3n) is 2.41. The molecule has 98 valence electrons. The van der Waals surface area contributed by atoms with Crippen LogP contribution >= 0.6 is 0 Å². The van der Waals surface area contributed by atoms with E-state index in [4.69, 9.17) is 5.11 Å². The number of carboxylic acid groups (broad SMARTS) is 1. The molecule has 2 N–H and O–H groups in total. The highest BCUT2D eigenvalue weighted by Gasteiger charge is 2.09. The first kappa shape index (κ1) is 12.7. The van der Waals surface area contributed by atoms with Crippen LogP contribution in [0, 0.1) is 0 Å². The highest BCUT2D eigenvalue weighted by Crippen LogP contribution is 2.18. The molecule has 0 saturated carbocycles. The Kier molecular flexibility index (Phi) is 3.87. The van der Waals surface area contributed by atoms with Gasteiger partial charge in [-0.15, -0.1) is 0 Å². The zero-order valence-electron chi connectivity index (χ0n) is 9.98. The summed E-state index contributed by atoms with van der Waals surface area (Å²) in [5.74, 6) is -1.35. The SMILES string of the molecule is O=C(O)CCC(=O)Nc1ccccc1-n1cncn1. The van der Waals surface area contributed by atoms with Gasteiger partial charge in [0.1, 0.15) is 12.7 Å². The van der Waals surface area contributed by atoms with Gasteiger partial charge in [-0.25, -0.2) is 9.67 Å². The molecule has 2 rings (SSSR count). The first-order valence-corrected chi connectivity index (χ1v) is 5.62. The molecule has 0 fully saturated rings. The number of aliphatic carboxylic acids is 1. The van der Waals surface area contributed by atoms with E-state index in [0.29, 0.717) is 11.4 Å². The number of aromatic nitrogens is 3. The summed E-state index contributed by atoms with van der Waals surface area (Å²) in [6, 6.07) is 7.08. The Bertz CT molecular complexity index is 580. The van der Waals surface area contributed by atoms with Gasteiger partial charge in [-0.2, -0.15) is 5.10 Å². The Morgan fingerprint density at radius 3 is 2.74 bits per heavy atom. The summed E-state index contributed by atoms with van der Waals surface area (Å²) in [6.45, 7) is 0. The highest BCUT2D eigenvalue weighted by molar-refractivity contribution is 5.94. The maximum absolute atomic E-state index is 11.6. The van der Waals surface area contributed by atoms with Gasteiger partial charge in [0.2, 0.25) is 5.91 Å². The van der Waals surface area contributed by atoms with Gasteiger partial charge in [0, 0.05) is 6.42 Å². The lowest BCUT2D eigenvalue weighted by molar-refractivity contribution is -0.138. The lowest BCUT2D eigenvalue weighted by Crippen LogP contribution is -2.15. The number of carbonyl (C=O) groups excluding carboxylic acids is 1. The van der Waals surface area contributed by atoms with E-state index >= 15 is 0 Å². The molecule has 0 saturated heterocycles. The average Bonchev–Trinajstić information content (AvgIpc) is 2.91. The van der Waals surface area contributed by atoms with Crippen molar-refractivity contribution in [1.29, 1.82) is 0 Å². The minimum Gasteiger partial charge on any atom is -0.481 e. The van der Waals surface area contributed by atoms with Crippen molar-refractivity contribution < 1.29 is 14.7 Å². The zero-order chi connectivity index (χ0) is 13.7. The molecule has 0 atom stereocenters. The molecular formula is C12H12N4O3. The number of nitrogens with one attached hydrogen (secondary N) is 1. The van der Waals surface area contributed by atoms with Gasteiger partial charge >= 0.3 is 5.97 Å². The third kappa shape index (κ3) is 3.38. The first-order chi connectivity index (χ1) is 9.16. The minimum absolute atomic E-state index is 0.0684. The number of benzene rings is 1. The maximum Gasteiger partial charge on any atom is 0.303 e. The molecule has 1 heterocycles. The van der Waals surface area contributed by atoms with Crippen molar-refractivity contribution in [2.75, 3.05) is 5.32 Å². The molecular weight excluding hydrogens is 248 g/mol. The molecule has 19 heavy (non-hydrogen) atoms. The molecule has 1 amide bonds. The number of carbonyl (C=O) groups is 2. The summed E-state index contributed by atoms with van der Waals surface area (Å²) < 4.78 is 1.52. The number of hydrogen-bond donors (Lipinski definition) is 2. The Labute approximate surface area is 108 Å². The van der Waals surface area contributed by atoms with Crippen molar-refractivity contribution in [2.45, 2.75) is 12.8 Å². The Balaban J connectivity index is 2.12. The molecule has 0 unspecified atom stereocenters. The number of nitrogens with zero attached hydrogens (tertiary/aromatic N) is 3. The fraction of sp³-hybridized carbons (Fsp3) is 0.167. The molecule has 0 spiro atoms. The second-order valence-corrected chi connectivity index (χ2v) is 3.80. The van der Waals surface area contributed by atoms with E-state index in [1.54, 1.807) is 18.2 Å². The molecule has 2 aromatic rings. The Morgan fingerprint density at radius 2 is 2.05 bits per heavy atom. The van der Waals surface area contributed by atoms with Gasteiger partial charge < -0.3 is 10.4 Å². The molecule has 7 heteroatoms. The van der Waals surface area contributed by atoms with Gasteiger partial charge in [0.25, 0.3) is 0 Å².